The molecule has 3 aromatic rings. The van der Waals surface area contributed by atoms with Crippen molar-refractivity contribution in [3.8, 4) is 11.3 Å². The van der Waals surface area contributed by atoms with Crippen molar-refractivity contribution in [1.29, 1.82) is 0 Å². The molecule has 3 rings (SSSR count). The van der Waals surface area contributed by atoms with Crippen molar-refractivity contribution in [3.05, 3.63) is 39.8 Å². The lowest BCUT2D eigenvalue weighted by atomic mass is 10.1. The number of hydrogen-bond acceptors (Lipinski definition) is 6. The highest BCUT2D eigenvalue weighted by Crippen LogP contribution is 2.28. The molecule has 2 heterocycles. The molecule has 0 bridgehead atoms. The number of nitrogens with zero attached hydrogens (tertiary/aromatic N) is 3. The summed E-state index contributed by atoms with van der Waals surface area (Å²) in [7, 11) is 0. The molecule has 0 aliphatic carbocycles. The second kappa shape index (κ2) is 5.27. The van der Waals surface area contributed by atoms with Gasteiger partial charge in [0.25, 0.3) is 0 Å². The highest BCUT2D eigenvalue weighted by Gasteiger charge is 2.10. The fourth-order valence-corrected chi connectivity index (χ4v) is 2.78. The highest BCUT2D eigenvalue weighted by atomic mass is 35.5. The Balaban J connectivity index is 1.86. The van der Waals surface area contributed by atoms with Crippen molar-refractivity contribution in [3.63, 3.8) is 0 Å². The maximum Gasteiger partial charge on any atom is 0.145 e. The molecule has 0 saturated heterocycles. The maximum atomic E-state index is 5.92. The lowest BCUT2D eigenvalue weighted by Crippen LogP contribution is -2.06. The number of thiazole rings is 1. The van der Waals surface area contributed by atoms with E-state index in [1.165, 1.54) is 17.5 Å². The normalized spacial score (nSPS) is 10.9. The van der Waals surface area contributed by atoms with Crippen molar-refractivity contribution in [2.45, 2.75) is 6.54 Å². The summed E-state index contributed by atoms with van der Waals surface area (Å²) in [5.41, 5.74) is 20.1. The molecule has 0 saturated carbocycles. The smallest absolute Gasteiger partial charge is 0.145 e. The molecular weight excluding hydrogens is 308 g/mol. The average Bonchev–Trinajstić information content (AvgIpc) is 3.04. The molecule has 0 unspecified atom stereocenters. The van der Waals surface area contributed by atoms with Crippen LogP contribution in [0.5, 0.6) is 0 Å². The molecule has 8 heteroatoms. The summed E-state index contributed by atoms with van der Waals surface area (Å²) in [4.78, 5) is 4.56. The third-order valence-electron chi connectivity index (χ3n) is 3.04. The van der Waals surface area contributed by atoms with E-state index < -0.39 is 0 Å². The van der Waals surface area contributed by atoms with E-state index in [0.29, 0.717) is 28.8 Å². The van der Waals surface area contributed by atoms with Crippen LogP contribution in [-0.4, -0.2) is 14.8 Å². The summed E-state index contributed by atoms with van der Waals surface area (Å²) < 4.78 is 1.62. The van der Waals surface area contributed by atoms with Crippen LogP contribution in [0.3, 0.4) is 0 Å². The minimum Gasteiger partial charge on any atom is -0.398 e. The SMILES string of the molecule is Nc1cc(-c2csc(Cn3ncc(N)c3N)n2)ccc1Cl. The average molecular weight is 321 g/mol. The van der Waals surface area contributed by atoms with Gasteiger partial charge in [0, 0.05) is 10.9 Å². The minimum atomic E-state index is 0.447. The van der Waals surface area contributed by atoms with E-state index in [-0.39, 0.29) is 0 Å². The monoisotopic (exact) mass is 320 g/mol. The van der Waals surface area contributed by atoms with Gasteiger partial charge in [0.15, 0.2) is 0 Å². The van der Waals surface area contributed by atoms with Crippen molar-refractivity contribution >= 4 is 40.1 Å². The Labute approximate surface area is 130 Å². The van der Waals surface area contributed by atoms with Crippen LogP contribution in [0.15, 0.2) is 29.8 Å². The van der Waals surface area contributed by atoms with Crippen molar-refractivity contribution in [2.24, 2.45) is 0 Å². The molecule has 0 radical (unpaired) electrons. The standard InChI is InChI=1S/C13H13ClN6S/c14-8-2-1-7(3-9(8)15)11-6-21-12(19-11)5-20-13(17)10(16)4-18-20/h1-4,6H,5,15-17H2. The van der Waals surface area contributed by atoms with Crippen LogP contribution in [-0.2, 0) is 6.54 Å². The van der Waals surface area contributed by atoms with Crippen LogP contribution in [0.2, 0.25) is 5.02 Å². The molecule has 0 aliphatic heterocycles. The Morgan fingerprint density at radius 1 is 1.19 bits per heavy atom. The van der Waals surface area contributed by atoms with E-state index in [0.717, 1.165) is 16.3 Å². The Morgan fingerprint density at radius 2 is 2.00 bits per heavy atom. The molecule has 6 nitrogen and oxygen atoms in total. The zero-order chi connectivity index (χ0) is 15.0. The third-order valence-corrected chi connectivity index (χ3v) is 4.22. The fourth-order valence-electron chi connectivity index (χ4n) is 1.88. The van der Waals surface area contributed by atoms with Gasteiger partial charge in [0.05, 0.1) is 34.8 Å². The summed E-state index contributed by atoms with van der Waals surface area (Å²) in [6, 6.07) is 5.46. The summed E-state index contributed by atoms with van der Waals surface area (Å²) in [6.45, 7) is 0.483. The van der Waals surface area contributed by atoms with Gasteiger partial charge in [-0.2, -0.15) is 5.10 Å². The van der Waals surface area contributed by atoms with Crippen LogP contribution >= 0.6 is 22.9 Å². The van der Waals surface area contributed by atoms with E-state index in [4.69, 9.17) is 28.8 Å². The number of anilines is 3. The van der Waals surface area contributed by atoms with Gasteiger partial charge in [-0.15, -0.1) is 11.3 Å². The second-order valence-electron chi connectivity index (χ2n) is 4.51. The van der Waals surface area contributed by atoms with Gasteiger partial charge in [-0.05, 0) is 12.1 Å². The number of nitrogen functional groups attached to an aromatic ring is 3. The number of benzene rings is 1. The Kier molecular flexibility index (Phi) is 3.44. The van der Waals surface area contributed by atoms with Crippen LogP contribution in [0.4, 0.5) is 17.2 Å². The third kappa shape index (κ3) is 2.65. The number of rotatable bonds is 3. The van der Waals surface area contributed by atoms with Crippen molar-refractivity contribution in [1.82, 2.24) is 14.8 Å². The first-order valence-electron chi connectivity index (χ1n) is 6.11. The number of hydrogen-bond donors (Lipinski definition) is 3. The predicted octanol–water partition coefficient (Wildman–Crippen LogP) is 2.45. The van der Waals surface area contributed by atoms with Gasteiger partial charge in [0.2, 0.25) is 0 Å². The number of nitrogens with two attached hydrogens (primary N) is 3. The van der Waals surface area contributed by atoms with Gasteiger partial charge in [-0.1, -0.05) is 17.7 Å². The van der Waals surface area contributed by atoms with E-state index >= 15 is 0 Å². The summed E-state index contributed by atoms with van der Waals surface area (Å²) >= 11 is 7.45. The van der Waals surface area contributed by atoms with Crippen molar-refractivity contribution in [2.75, 3.05) is 17.2 Å². The first-order chi connectivity index (χ1) is 10.0. The van der Waals surface area contributed by atoms with Crippen LogP contribution in [0, 0.1) is 0 Å². The van der Waals surface area contributed by atoms with E-state index in [9.17, 15) is 0 Å². The molecule has 0 fully saturated rings. The van der Waals surface area contributed by atoms with Gasteiger partial charge in [0.1, 0.15) is 10.8 Å². The molecule has 0 atom stereocenters. The molecule has 0 spiro atoms. The quantitative estimate of drug-likeness (QED) is 0.642. The zero-order valence-corrected chi connectivity index (χ0v) is 12.5. The number of halogens is 1. The van der Waals surface area contributed by atoms with Crippen LogP contribution in [0.25, 0.3) is 11.3 Å². The first-order valence-corrected chi connectivity index (χ1v) is 7.37. The Hall–Kier alpha value is -2.25. The van der Waals surface area contributed by atoms with Crippen molar-refractivity contribution < 1.29 is 0 Å². The summed E-state index contributed by atoms with van der Waals surface area (Å²) in [5, 5.41) is 7.49. The molecule has 0 aliphatic rings. The molecule has 6 N–H and O–H groups in total. The van der Waals surface area contributed by atoms with Gasteiger partial charge in [-0.3, -0.25) is 0 Å². The predicted molar refractivity (Wildman–Crippen MR) is 87.1 cm³/mol. The lowest BCUT2D eigenvalue weighted by molar-refractivity contribution is 0.694. The molecule has 108 valence electrons. The van der Waals surface area contributed by atoms with Gasteiger partial charge in [-0.25, -0.2) is 9.67 Å². The van der Waals surface area contributed by atoms with Crippen LogP contribution in [0.1, 0.15) is 5.01 Å². The van der Waals surface area contributed by atoms with Gasteiger partial charge < -0.3 is 17.2 Å². The molecule has 1 aromatic carbocycles. The highest BCUT2D eigenvalue weighted by molar-refractivity contribution is 7.09. The topological polar surface area (TPSA) is 109 Å². The van der Waals surface area contributed by atoms with E-state index in [2.05, 4.69) is 10.1 Å². The van der Waals surface area contributed by atoms with E-state index in [1.807, 2.05) is 11.4 Å². The van der Waals surface area contributed by atoms with E-state index in [1.54, 1.807) is 16.8 Å². The molecular formula is C13H13ClN6S. The zero-order valence-electron chi connectivity index (χ0n) is 11.0. The molecule has 21 heavy (non-hydrogen) atoms. The summed E-state index contributed by atoms with van der Waals surface area (Å²) in [5.74, 6) is 0.447. The second-order valence-corrected chi connectivity index (χ2v) is 5.86. The fraction of sp³-hybridized carbons (Fsp3) is 0.0769. The molecule has 2 aromatic heterocycles. The Bertz CT molecular complexity index is 794. The number of aromatic nitrogens is 3. The largest absolute Gasteiger partial charge is 0.398 e. The first kappa shape index (κ1) is 13.7. The minimum absolute atomic E-state index is 0.447. The van der Waals surface area contributed by atoms with Crippen LogP contribution < -0.4 is 17.2 Å². The van der Waals surface area contributed by atoms with Gasteiger partial charge >= 0.3 is 0 Å². The summed E-state index contributed by atoms with van der Waals surface area (Å²) in [6.07, 6.45) is 1.53. The lowest BCUT2D eigenvalue weighted by Gasteiger charge is -2.02. The maximum absolute atomic E-state index is 5.92. The molecule has 0 amide bonds. The Morgan fingerprint density at radius 3 is 2.67 bits per heavy atom.